The van der Waals surface area contributed by atoms with E-state index in [1.807, 2.05) is 91.0 Å². The molecule has 1 amide bonds. The summed E-state index contributed by atoms with van der Waals surface area (Å²) in [5, 5.41) is 0. The summed E-state index contributed by atoms with van der Waals surface area (Å²) in [6.45, 7) is 0. The van der Waals surface area contributed by atoms with Crippen LogP contribution in [0.1, 0.15) is 24.0 Å². The maximum Gasteiger partial charge on any atom is 0.237 e. The predicted molar refractivity (Wildman–Crippen MR) is 142 cm³/mol. The van der Waals surface area contributed by atoms with Crippen LogP contribution in [-0.4, -0.2) is 13.0 Å². The molecule has 0 aliphatic rings. The van der Waals surface area contributed by atoms with E-state index in [9.17, 15) is 4.79 Å². The lowest BCUT2D eigenvalue weighted by molar-refractivity contribution is -0.117. The third-order valence-corrected chi connectivity index (χ3v) is 6.43. The number of hydrogen-bond donors (Lipinski definition) is 0. The van der Waals surface area contributed by atoms with Crippen LogP contribution in [0.4, 0.5) is 5.69 Å². The molecular weight excluding hydrogens is 438 g/mol. The maximum atomic E-state index is 13.4. The molecule has 0 bridgehead atoms. The number of benzene rings is 4. The smallest absolute Gasteiger partial charge is 0.237 e. The SMILES string of the molecule is COc1ccc(N(Sc2ccccc2)C(=O)CCC=C(c2ccccc2)c2ccccc2)cc1. The van der Waals surface area contributed by atoms with Gasteiger partial charge in [0.2, 0.25) is 5.91 Å². The number of rotatable bonds is 9. The van der Waals surface area contributed by atoms with Gasteiger partial charge in [0, 0.05) is 11.3 Å². The molecule has 0 saturated carbocycles. The number of amides is 1. The molecule has 4 rings (SSSR count). The Morgan fingerprint density at radius 2 is 1.29 bits per heavy atom. The van der Waals surface area contributed by atoms with E-state index < -0.39 is 0 Å². The summed E-state index contributed by atoms with van der Waals surface area (Å²) in [6.07, 6.45) is 3.21. The number of anilines is 1. The van der Waals surface area contributed by atoms with Crippen molar-refractivity contribution in [3.05, 3.63) is 132 Å². The van der Waals surface area contributed by atoms with Crippen LogP contribution in [0.3, 0.4) is 0 Å². The van der Waals surface area contributed by atoms with Crippen molar-refractivity contribution in [1.82, 2.24) is 0 Å². The largest absolute Gasteiger partial charge is 0.497 e. The van der Waals surface area contributed by atoms with Crippen LogP contribution in [-0.2, 0) is 4.79 Å². The molecule has 0 unspecified atom stereocenters. The van der Waals surface area contributed by atoms with Crippen molar-refractivity contribution in [3.63, 3.8) is 0 Å². The van der Waals surface area contributed by atoms with Crippen LogP contribution in [0.2, 0.25) is 0 Å². The van der Waals surface area contributed by atoms with Crippen molar-refractivity contribution in [2.75, 3.05) is 11.4 Å². The highest BCUT2D eigenvalue weighted by Gasteiger charge is 2.17. The van der Waals surface area contributed by atoms with Gasteiger partial charge in [-0.15, -0.1) is 0 Å². The third kappa shape index (κ3) is 6.18. The lowest BCUT2D eigenvalue weighted by atomic mass is 9.96. The molecule has 4 aromatic carbocycles. The Balaban J connectivity index is 1.55. The third-order valence-electron chi connectivity index (χ3n) is 5.35. The van der Waals surface area contributed by atoms with Crippen LogP contribution < -0.4 is 9.04 Å². The van der Waals surface area contributed by atoms with Gasteiger partial charge < -0.3 is 4.74 Å². The molecule has 34 heavy (non-hydrogen) atoms. The highest BCUT2D eigenvalue weighted by molar-refractivity contribution is 8.01. The molecule has 4 heteroatoms. The monoisotopic (exact) mass is 465 g/mol. The van der Waals surface area contributed by atoms with Gasteiger partial charge in [-0.3, -0.25) is 4.79 Å². The van der Waals surface area contributed by atoms with Crippen LogP contribution in [0, 0.1) is 0 Å². The van der Waals surface area contributed by atoms with Crippen LogP contribution >= 0.6 is 11.9 Å². The van der Waals surface area contributed by atoms with Gasteiger partial charge in [0.15, 0.2) is 0 Å². The first-order valence-corrected chi connectivity index (χ1v) is 12.0. The zero-order chi connectivity index (χ0) is 23.6. The van der Waals surface area contributed by atoms with E-state index in [4.69, 9.17) is 4.74 Å². The second-order valence-electron chi connectivity index (χ2n) is 7.68. The van der Waals surface area contributed by atoms with Crippen LogP contribution in [0.25, 0.3) is 5.57 Å². The number of carbonyl (C=O) groups is 1. The van der Waals surface area contributed by atoms with Crippen molar-refractivity contribution in [3.8, 4) is 5.75 Å². The molecule has 0 N–H and O–H groups in total. The molecule has 4 aromatic rings. The van der Waals surface area contributed by atoms with Crippen molar-refractivity contribution in [2.45, 2.75) is 17.7 Å². The van der Waals surface area contributed by atoms with Crippen molar-refractivity contribution >= 4 is 29.1 Å². The van der Waals surface area contributed by atoms with Gasteiger partial charge in [0.05, 0.1) is 12.8 Å². The van der Waals surface area contributed by atoms with Gasteiger partial charge >= 0.3 is 0 Å². The summed E-state index contributed by atoms with van der Waals surface area (Å²) in [6, 6.07) is 38.2. The van der Waals surface area contributed by atoms with E-state index in [0.29, 0.717) is 12.8 Å². The standard InChI is InChI=1S/C30H27NO2S/c1-33-27-22-20-26(21-23-27)31(34-28-16-9-4-10-17-28)30(32)19-11-18-29(24-12-5-2-6-13-24)25-14-7-3-8-15-25/h2-10,12-18,20-23H,11,19H2,1H3. The first-order chi connectivity index (χ1) is 16.7. The minimum atomic E-state index is 0.0516. The Labute approximate surface area is 205 Å². The lowest BCUT2D eigenvalue weighted by Crippen LogP contribution is -2.23. The highest BCUT2D eigenvalue weighted by Crippen LogP contribution is 2.31. The van der Waals surface area contributed by atoms with Crippen molar-refractivity contribution in [2.24, 2.45) is 0 Å². The summed E-state index contributed by atoms with van der Waals surface area (Å²) in [7, 11) is 1.64. The Kier molecular flexibility index (Phi) is 8.20. The predicted octanol–water partition coefficient (Wildman–Crippen LogP) is 7.65. The Morgan fingerprint density at radius 1 is 0.765 bits per heavy atom. The fourth-order valence-corrected chi connectivity index (χ4v) is 4.54. The van der Waals surface area contributed by atoms with Crippen LogP contribution in [0.5, 0.6) is 5.75 Å². The number of allylic oxidation sites excluding steroid dienone is 1. The van der Waals surface area contributed by atoms with Crippen molar-refractivity contribution in [1.29, 1.82) is 0 Å². The van der Waals surface area contributed by atoms with Gasteiger partial charge in [-0.1, -0.05) is 84.9 Å². The number of carbonyl (C=O) groups excluding carboxylic acids is 1. The average Bonchev–Trinajstić information content (AvgIpc) is 2.91. The molecule has 0 atom stereocenters. The van der Waals surface area contributed by atoms with E-state index in [1.54, 1.807) is 11.4 Å². The molecule has 3 nitrogen and oxygen atoms in total. The highest BCUT2D eigenvalue weighted by atomic mass is 32.2. The maximum absolute atomic E-state index is 13.4. The average molecular weight is 466 g/mol. The molecule has 0 heterocycles. The minimum absolute atomic E-state index is 0.0516. The summed E-state index contributed by atoms with van der Waals surface area (Å²) in [5.41, 5.74) is 4.26. The number of nitrogens with zero attached hydrogens (tertiary/aromatic N) is 1. The summed E-state index contributed by atoms with van der Waals surface area (Å²) in [5.74, 6) is 0.815. The summed E-state index contributed by atoms with van der Waals surface area (Å²) >= 11 is 1.44. The Hall–Kier alpha value is -3.76. The molecule has 0 fully saturated rings. The van der Waals surface area contributed by atoms with E-state index in [2.05, 4.69) is 30.3 Å². The molecule has 170 valence electrons. The van der Waals surface area contributed by atoms with E-state index >= 15 is 0 Å². The minimum Gasteiger partial charge on any atom is -0.497 e. The number of methoxy groups -OCH3 is 1. The van der Waals surface area contributed by atoms with Gasteiger partial charge in [0.1, 0.15) is 5.75 Å². The second-order valence-corrected chi connectivity index (χ2v) is 8.70. The summed E-state index contributed by atoms with van der Waals surface area (Å²) in [4.78, 5) is 14.4. The number of ether oxygens (including phenoxy) is 1. The molecule has 0 aromatic heterocycles. The molecule has 0 aliphatic carbocycles. The molecular formula is C30H27NO2S. The summed E-state index contributed by atoms with van der Waals surface area (Å²) < 4.78 is 7.06. The zero-order valence-corrected chi connectivity index (χ0v) is 19.9. The quantitative estimate of drug-likeness (QED) is 0.238. The molecule has 0 radical (unpaired) electrons. The Bertz CT molecular complexity index is 1170. The van der Waals surface area contributed by atoms with E-state index in [1.165, 1.54) is 11.9 Å². The van der Waals surface area contributed by atoms with Crippen molar-refractivity contribution < 1.29 is 9.53 Å². The molecule has 0 saturated heterocycles. The van der Waals surface area contributed by atoms with E-state index in [-0.39, 0.29) is 5.91 Å². The topological polar surface area (TPSA) is 29.5 Å². The van der Waals surface area contributed by atoms with Crippen LogP contribution in [0.15, 0.2) is 126 Å². The first-order valence-electron chi connectivity index (χ1n) is 11.3. The second kappa shape index (κ2) is 11.9. The molecule has 0 aliphatic heterocycles. The lowest BCUT2D eigenvalue weighted by Gasteiger charge is -2.21. The Morgan fingerprint density at radius 3 is 1.82 bits per heavy atom. The first kappa shape index (κ1) is 23.4. The van der Waals surface area contributed by atoms with Gasteiger partial charge in [-0.25, -0.2) is 4.31 Å². The number of hydrogen-bond acceptors (Lipinski definition) is 3. The van der Waals surface area contributed by atoms with Gasteiger partial charge in [0.25, 0.3) is 0 Å². The fourth-order valence-electron chi connectivity index (χ4n) is 3.63. The zero-order valence-electron chi connectivity index (χ0n) is 19.1. The van der Waals surface area contributed by atoms with Gasteiger partial charge in [-0.2, -0.15) is 0 Å². The normalized spacial score (nSPS) is 10.4. The fraction of sp³-hybridized carbons (Fsp3) is 0.100. The molecule has 0 spiro atoms. The van der Waals surface area contributed by atoms with Gasteiger partial charge in [-0.05, 0) is 71.5 Å². The van der Waals surface area contributed by atoms with E-state index in [0.717, 1.165) is 33.0 Å².